The molecule has 0 aliphatic rings. The second-order valence-electron chi connectivity index (χ2n) is 6.90. The predicted molar refractivity (Wildman–Crippen MR) is 81.6 cm³/mol. The van der Waals surface area contributed by atoms with Gasteiger partial charge in [0, 0.05) is 18.0 Å². The Bertz CT molecular complexity index is 469. The van der Waals surface area contributed by atoms with Crippen LogP contribution in [0.4, 0.5) is 0 Å². The Morgan fingerprint density at radius 2 is 1.63 bits per heavy atom. The lowest BCUT2D eigenvalue weighted by Crippen LogP contribution is -2.29. The van der Waals surface area contributed by atoms with Gasteiger partial charge in [-0.15, -0.1) is 0 Å². The molecule has 0 spiro atoms. The highest BCUT2D eigenvalue weighted by molar-refractivity contribution is 5.98. The highest BCUT2D eigenvalue weighted by Gasteiger charge is 2.19. The fourth-order valence-electron chi connectivity index (χ4n) is 2.47. The molecule has 1 rings (SSSR count). The van der Waals surface area contributed by atoms with Gasteiger partial charge in [0.05, 0.1) is 0 Å². The molecule has 0 radical (unpaired) electrons. The maximum Gasteiger partial charge on any atom is 0.164 e. The Hall–Kier alpha value is -1.15. The molecule has 1 aromatic carbocycles. The number of carbonyl (C=O) groups is 1. The summed E-state index contributed by atoms with van der Waals surface area (Å²) >= 11 is 0. The molecular weight excluding hydrogens is 234 g/mol. The average Bonchev–Trinajstić information content (AvgIpc) is 2.20. The van der Waals surface area contributed by atoms with Crippen LogP contribution in [0, 0.1) is 26.2 Å². The van der Waals surface area contributed by atoms with Crippen LogP contribution in [0.2, 0.25) is 0 Å². The van der Waals surface area contributed by atoms with Gasteiger partial charge in [-0.2, -0.15) is 0 Å². The van der Waals surface area contributed by atoms with Crippen molar-refractivity contribution < 1.29 is 4.79 Å². The summed E-state index contributed by atoms with van der Waals surface area (Å²) in [7, 11) is 0. The highest BCUT2D eigenvalue weighted by atomic mass is 16.1. The first-order valence-corrected chi connectivity index (χ1v) is 6.97. The number of hydrogen-bond donors (Lipinski definition) is 1. The summed E-state index contributed by atoms with van der Waals surface area (Å²) in [6, 6.07) is 4.02. The van der Waals surface area contributed by atoms with E-state index in [2.05, 4.69) is 33.8 Å². The van der Waals surface area contributed by atoms with Crippen LogP contribution in [0.5, 0.6) is 0 Å². The van der Waals surface area contributed by atoms with Gasteiger partial charge in [-0.05, 0) is 55.4 Å². The number of carbonyl (C=O) groups excluding carboxylic acids is 1. The van der Waals surface area contributed by atoms with E-state index in [0.717, 1.165) is 17.5 Å². The Morgan fingerprint density at radius 1 is 1.11 bits per heavy atom. The lowest BCUT2D eigenvalue weighted by Gasteiger charge is -2.23. The van der Waals surface area contributed by atoms with Crippen molar-refractivity contribution in [3.63, 3.8) is 0 Å². The summed E-state index contributed by atoms with van der Waals surface area (Å²) in [5.74, 6) is 0.164. The molecular formula is C17H27NO. The number of benzene rings is 1. The second kappa shape index (κ2) is 5.87. The van der Waals surface area contributed by atoms with E-state index < -0.39 is 0 Å². The number of rotatable bonds is 4. The van der Waals surface area contributed by atoms with Crippen molar-refractivity contribution in [1.29, 1.82) is 0 Å². The molecule has 0 aromatic heterocycles. The van der Waals surface area contributed by atoms with Gasteiger partial charge < -0.3 is 5.73 Å². The SMILES string of the molecule is Cc1cc(C)c(C(=O)CC(N)CC(C)(C)C)cc1C. The molecule has 0 aliphatic carbocycles. The lowest BCUT2D eigenvalue weighted by atomic mass is 9.85. The van der Waals surface area contributed by atoms with Crippen molar-refractivity contribution in [1.82, 2.24) is 0 Å². The van der Waals surface area contributed by atoms with E-state index in [4.69, 9.17) is 5.73 Å². The summed E-state index contributed by atoms with van der Waals surface area (Å²) < 4.78 is 0. The maximum atomic E-state index is 12.3. The fraction of sp³-hybridized carbons (Fsp3) is 0.588. The molecule has 0 heterocycles. The zero-order valence-corrected chi connectivity index (χ0v) is 13.1. The highest BCUT2D eigenvalue weighted by Crippen LogP contribution is 2.23. The molecule has 2 nitrogen and oxygen atoms in total. The summed E-state index contributed by atoms with van der Waals surface area (Å²) in [6.07, 6.45) is 1.29. The first-order valence-electron chi connectivity index (χ1n) is 6.97. The minimum absolute atomic E-state index is 0.0616. The normalized spacial score (nSPS) is 13.4. The summed E-state index contributed by atoms with van der Waals surface area (Å²) in [5, 5.41) is 0. The molecule has 106 valence electrons. The average molecular weight is 261 g/mol. The Balaban J connectivity index is 2.82. The van der Waals surface area contributed by atoms with Gasteiger partial charge in [0.15, 0.2) is 5.78 Å². The van der Waals surface area contributed by atoms with E-state index in [-0.39, 0.29) is 17.2 Å². The zero-order valence-electron chi connectivity index (χ0n) is 13.1. The smallest absolute Gasteiger partial charge is 0.164 e. The molecule has 1 atom stereocenters. The van der Waals surface area contributed by atoms with E-state index in [1.807, 2.05) is 19.9 Å². The van der Waals surface area contributed by atoms with E-state index in [1.165, 1.54) is 11.1 Å². The monoisotopic (exact) mass is 261 g/mol. The summed E-state index contributed by atoms with van der Waals surface area (Å²) in [5.41, 5.74) is 10.5. The van der Waals surface area contributed by atoms with E-state index in [0.29, 0.717) is 6.42 Å². The first kappa shape index (κ1) is 15.9. The van der Waals surface area contributed by atoms with Gasteiger partial charge in [0.1, 0.15) is 0 Å². The number of aryl methyl sites for hydroxylation is 3. The Labute approximate surface area is 117 Å². The van der Waals surface area contributed by atoms with Crippen molar-refractivity contribution in [3.05, 3.63) is 34.4 Å². The summed E-state index contributed by atoms with van der Waals surface area (Å²) in [4.78, 5) is 12.3. The molecule has 0 aliphatic heterocycles. The van der Waals surface area contributed by atoms with Gasteiger partial charge in [-0.1, -0.05) is 26.8 Å². The molecule has 0 saturated heterocycles. The largest absolute Gasteiger partial charge is 0.327 e. The number of Topliss-reactive ketones (excluding diaryl/α,β-unsaturated/α-hetero) is 1. The molecule has 1 aromatic rings. The van der Waals surface area contributed by atoms with E-state index in [9.17, 15) is 4.79 Å². The predicted octanol–water partition coefficient (Wildman–Crippen LogP) is 3.95. The first-order chi connectivity index (χ1) is 8.60. The third-order valence-corrected chi connectivity index (χ3v) is 3.46. The second-order valence-corrected chi connectivity index (χ2v) is 6.90. The molecule has 1 unspecified atom stereocenters. The van der Waals surface area contributed by atoms with Crippen LogP contribution in [-0.4, -0.2) is 11.8 Å². The molecule has 0 bridgehead atoms. The van der Waals surface area contributed by atoms with Crippen LogP contribution >= 0.6 is 0 Å². The van der Waals surface area contributed by atoms with Crippen LogP contribution in [0.1, 0.15) is 60.7 Å². The fourth-order valence-corrected chi connectivity index (χ4v) is 2.47. The van der Waals surface area contributed by atoms with Gasteiger partial charge in [0.25, 0.3) is 0 Å². The Kier molecular flexibility index (Phi) is 4.92. The minimum Gasteiger partial charge on any atom is -0.327 e. The lowest BCUT2D eigenvalue weighted by molar-refractivity contribution is 0.0967. The number of nitrogens with two attached hydrogens (primary N) is 1. The molecule has 19 heavy (non-hydrogen) atoms. The molecule has 2 N–H and O–H groups in total. The van der Waals surface area contributed by atoms with Crippen molar-refractivity contribution in [2.75, 3.05) is 0 Å². The topological polar surface area (TPSA) is 43.1 Å². The van der Waals surface area contributed by atoms with E-state index >= 15 is 0 Å². The van der Waals surface area contributed by atoms with Gasteiger partial charge >= 0.3 is 0 Å². The molecule has 2 heteroatoms. The van der Waals surface area contributed by atoms with Crippen molar-refractivity contribution in [2.45, 2.75) is 60.4 Å². The van der Waals surface area contributed by atoms with Crippen LogP contribution in [0.25, 0.3) is 0 Å². The summed E-state index contributed by atoms with van der Waals surface area (Å²) in [6.45, 7) is 12.6. The van der Waals surface area contributed by atoms with Crippen LogP contribution in [0.15, 0.2) is 12.1 Å². The van der Waals surface area contributed by atoms with Gasteiger partial charge in [-0.3, -0.25) is 4.79 Å². The zero-order chi connectivity index (χ0) is 14.8. The maximum absolute atomic E-state index is 12.3. The van der Waals surface area contributed by atoms with Gasteiger partial charge in [0.2, 0.25) is 0 Å². The van der Waals surface area contributed by atoms with Crippen LogP contribution < -0.4 is 5.73 Å². The minimum atomic E-state index is -0.0616. The molecule has 0 fully saturated rings. The third-order valence-electron chi connectivity index (χ3n) is 3.46. The van der Waals surface area contributed by atoms with Crippen molar-refractivity contribution in [3.8, 4) is 0 Å². The Morgan fingerprint density at radius 3 is 2.16 bits per heavy atom. The van der Waals surface area contributed by atoms with Gasteiger partial charge in [-0.25, -0.2) is 0 Å². The van der Waals surface area contributed by atoms with Crippen molar-refractivity contribution in [2.24, 2.45) is 11.1 Å². The van der Waals surface area contributed by atoms with E-state index in [1.54, 1.807) is 0 Å². The van der Waals surface area contributed by atoms with Crippen LogP contribution in [-0.2, 0) is 0 Å². The number of hydrogen-bond acceptors (Lipinski definition) is 2. The molecule has 0 saturated carbocycles. The standard InChI is InChI=1S/C17H27NO/c1-11-7-13(3)15(8-12(11)2)16(19)9-14(18)10-17(4,5)6/h7-8,14H,9-10,18H2,1-6H3. The molecule has 0 amide bonds. The number of ketones is 1. The van der Waals surface area contributed by atoms with Crippen LogP contribution in [0.3, 0.4) is 0 Å². The van der Waals surface area contributed by atoms with Crippen molar-refractivity contribution >= 4 is 5.78 Å². The third kappa shape index (κ3) is 4.79. The quantitative estimate of drug-likeness (QED) is 0.834.